The summed E-state index contributed by atoms with van der Waals surface area (Å²) in [6.07, 6.45) is 9.57. The molecule has 0 saturated carbocycles. The lowest BCUT2D eigenvalue weighted by molar-refractivity contribution is 0.609. The van der Waals surface area contributed by atoms with Crippen LogP contribution < -0.4 is 0 Å². The van der Waals surface area contributed by atoms with Crippen molar-refractivity contribution >= 4 is 42.8 Å². The molecule has 0 aliphatic rings. The summed E-state index contributed by atoms with van der Waals surface area (Å²) in [6.45, 7) is 2.28. The van der Waals surface area contributed by atoms with E-state index in [1.54, 1.807) is 4.88 Å². The molecule has 0 radical (unpaired) electrons. The van der Waals surface area contributed by atoms with Gasteiger partial charge in [-0.3, -0.25) is 0 Å². The van der Waals surface area contributed by atoms with E-state index in [2.05, 4.69) is 36.6 Å². The van der Waals surface area contributed by atoms with Gasteiger partial charge in [-0.05, 0) is 41.1 Å². The zero-order valence-electron chi connectivity index (χ0n) is 12.2. The molecule has 0 N–H and O–H groups in total. The zero-order chi connectivity index (χ0) is 13.8. The molecule has 0 aliphatic heterocycles. The first-order chi connectivity index (χ1) is 9.88. The summed E-state index contributed by atoms with van der Waals surface area (Å²) in [6, 6.07) is 9.18. The first kappa shape index (κ1) is 14.1. The first-order valence-electron chi connectivity index (χ1n) is 7.77. The number of hydrogen-bond donors (Lipinski definition) is 0. The molecular weight excluding hydrogens is 280 g/mol. The number of thiophene rings is 2. The third kappa shape index (κ3) is 3.07. The van der Waals surface area contributed by atoms with Gasteiger partial charge >= 0.3 is 0 Å². The maximum Gasteiger partial charge on any atom is 0.0523 e. The van der Waals surface area contributed by atoms with Crippen LogP contribution >= 0.6 is 22.7 Å². The molecule has 0 amide bonds. The van der Waals surface area contributed by atoms with E-state index in [0.29, 0.717) is 0 Å². The fraction of sp³-hybridized carbons (Fsp3) is 0.444. The van der Waals surface area contributed by atoms with Gasteiger partial charge in [0.25, 0.3) is 0 Å². The second-order valence-corrected chi connectivity index (χ2v) is 7.61. The van der Waals surface area contributed by atoms with Crippen molar-refractivity contribution in [2.24, 2.45) is 0 Å². The maximum absolute atomic E-state index is 2.41. The summed E-state index contributed by atoms with van der Waals surface area (Å²) < 4.78 is 2.97. The highest BCUT2D eigenvalue weighted by Crippen LogP contribution is 2.36. The summed E-state index contributed by atoms with van der Waals surface area (Å²) in [7, 11) is 0. The molecule has 3 aromatic rings. The fourth-order valence-electron chi connectivity index (χ4n) is 2.78. The molecule has 1 aromatic carbocycles. The molecule has 20 heavy (non-hydrogen) atoms. The van der Waals surface area contributed by atoms with Crippen LogP contribution in [-0.2, 0) is 6.42 Å². The van der Waals surface area contributed by atoms with Crippen LogP contribution in [0.4, 0.5) is 0 Å². The topological polar surface area (TPSA) is 0 Å². The number of benzene rings is 1. The molecule has 0 nitrogen and oxygen atoms in total. The number of aryl methyl sites for hydroxylation is 1. The minimum atomic E-state index is 1.26. The highest BCUT2D eigenvalue weighted by atomic mass is 32.1. The average Bonchev–Trinajstić information content (AvgIpc) is 3.07. The van der Waals surface area contributed by atoms with E-state index in [1.807, 2.05) is 22.7 Å². The minimum Gasteiger partial charge on any atom is -0.142 e. The van der Waals surface area contributed by atoms with E-state index < -0.39 is 0 Å². The number of unbranched alkanes of at least 4 members (excludes halogenated alkanes) is 5. The Hall–Kier alpha value is -0.860. The Bertz CT molecular complexity index is 675. The third-order valence-electron chi connectivity index (χ3n) is 3.93. The Morgan fingerprint density at radius 1 is 0.850 bits per heavy atom. The summed E-state index contributed by atoms with van der Waals surface area (Å²) in [5, 5.41) is 5.04. The summed E-state index contributed by atoms with van der Waals surface area (Å²) in [5.74, 6) is 0. The van der Waals surface area contributed by atoms with E-state index in [1.165, 1.54) is 65.1 Å². The van der Waals surface area contributed by atoms with Gasteiger partial charge in [-0.1, -0.05) is 51.2 Å². The predicted molar refractivity (Wildman–Crippen MR) is 94.3 cm³/mol. The summed E-state index contributed by atoms with van der Waals surface area (Å²) >= 11 is 3.89. The van der Waals surface area contributed by atoms with Crippen molar-refractivity contribution in [2.75, 3.05) is 0 Å². The van der Waals surface area contributed by atoms with E-state index in [9.17, 15) is 0 Å². The van der Waals surface area contributed by atoms with E-state index in [-0.39, 0.29) is 0 Å². The molecule has 2 heterocycles. The Balaban J connectivity index is 1.64. The van der Waals surface area contributed by atoms with Crippen LogP contribution in [0.2, 0.25) is 0 Å². The SMILES string of the molecule is CCCCCCCCc1cc2ccc3ccsc3c2s1. The Morgan fingerprint density at radius 3 is 2.55 bits per heavy atom. The molecule has 0 fully saturated rings. The van der Waals surface area contributed by atoms with Crippen molar-refractivity contribution in [2.45, 2.75) is 51.9 Å². The van der Waals surface area contributed by atoms with Gasteiger partial charge in [-0.2, -0.15) is 0 Å². The summed E-state index contributed by atoms with van der Waals surface area (Å²) in [4.78, 5) is 1.57. The normalized spacial score (nSPS) is 11.7. The molecular formula is C18H22S2. The Kier molecular flexibility index (Phi) is 4.74. The quantitative estimate of drug-likeness (QED) is 0.411. The van der Waals surface area contributed by atoms with Crippen LogP contribution in [0.25, 0.3) is 20.2 Å². The van der Waals surface area contributed by atoms with Crippen LogP contribution in [0.15, 0.2) is 29.6 Å². The molecule has 106 valence electrons. The maximum atomic E-state index is 2.41. The van der Waals surface area contributed by atoms with Crippen LogP contribution in [-0.4, -0.2) is 0 Å². The standard InChI is InChI=1S/C18H22S2/c1-2-3-4-5-6-7-8-16-13-15-10-9-14-11-12-19-17(14)18(15)20-16/h9-13H,2-8H2,1H3. The lowest BCUT2D eigenvalue weighted by Crippen LogP contribution is -1.82. The van der Waals surface area contributed by atoms with Crippen LogP contribution in [0.3, 0.4) is 0 Å². The molecule has 0 unspecified atom stereocenters. The van der Waals surface area contributed by atoms with E-state index >= 15 is 0 Å². The largest absolute Gasteiger partial charge is 0.142 e. The van der Waals surface area contributed by atoms with Crippen molar-refractivity contribution in [1.82, 2.24) is 0 Å². The van der Waals surface area contributed by atoms with Gasteiger partial charge in [-0.15, -0.1) is 22.7 Å². The van der Waals surface area contributed by atoms with Gasteiger partial charge in [0.2, 0.25) is 0 Å². The number of fused-ring (bicyclic) bond motifs is 3. The van der Waals surface area contributed by atoms with Crippen molar-refractivity contribution in [1.29, 1.82) is 0 Å². The number of rotatable bonds is 7. The summed E-state index contributed by atoms with van der Waals surface area (Å²) in [5.41, 5.74) is 0. The van der Waals surface area contributed by atoms with Crippen molar-refractivity contribution in [3.63, 3.8) is 0 Å². The Labute approximate surface area is 129 Å². The Morgan fingerprint density at radius 2 is 1.65 bits per heavy atom. The van der Waals surface area contributed by atoms with Crippen LogP contribution in [0.1, 0.15) is 50.3 Å². The molecule has 0 aliphatic carbocycles. The van der Waals surface area contributed by atoms with Crippen molar-refractivity contribution in [3.8, 4) is 0 Å². The molecule has 2 aromatic heterocycles. The first-order valence-corrected chi connectivity index (χ1v) is 9.46. The van der Waals surface area contributed by atoms with Crippen LogP contribution in [0.5, 0.6) is 0 Å². The zero-order valence-corrected chi connectivity index (χ0v) is 13.8. The van der Waals surface area contributed by atoms with E-state index in [0.717, 1.165) is 0 Å². The molecule has 0 atom stereocenters. The van der Waals surface area contributed by atoms with Crippen LogP contribution in [0, 0.1) is 0 Å². The van der Waals surface area contributed by atoms with Crippen molar-refractivity contribution in [3.05, 3.63) is 34.5 Å². The van der Waals surface area contributed by atoms with E-state index in [4.69, 9.17) is 0 Å². The second kappa shape index (κ2) is 6.73. The van der Waals surface area contributed by atoms with Gasteiger partial charge < -0.3 is 0 Å². The van der Waals surface area contributed by atoms with Gasteiger partial charge in [0, 0.05) is 4.88 Å². The molecule has 3 rings (SSSR count). The van der Waals surface area contributed by atoms with Gasteiger partial charge in [0.05, 0.1) is 9.40 Å². The fourth-order valence-corrected chi connectivity index (χ4v) is 5.04. The van der Waals surface area contributed by atoms with Gasteiger partial charge in [0.1, 0.15) is 0 Å². The lowest BCUT2D eigenvalue weighted by Gasteiger charge is -1.98. The molecule has 0 saturated heterocycles. The molecule has 0 spiro atoms. The molecule has 0 bridgehead atoms. The monoisotopic (exact) mass is 302 g/mol. The van der Waals surface area contributed by atoms with Crippen molar-refractivity contribution < 1.29 is 0 Å². The third-order valence-corrected chi connectivity index (χ3v) is 6.24. The average molecular weight is 303 g/mol. The lowest BCUT2D eigenvalue weighted by atomic mass is 10.1. The highest BCUT2D eigenvalue weighted by Gasteiger charge is 2.06. The highest BCUT2D eigenvalue weighted by molar-refractivity contribution is 7.26. The second-order valence-electron chi connectivity index (χ2n) is 5.55. The van der Waals surface area contributed by atoms with Gasteiger partial charge in [0.15, 0.2) is 0 Å². The van der Waals surface area contributed by atoms with Gasteiger partial charge in [-0.25, -0.2) is 0 Å². The number of hydrogen-bond acceptors (Lipinski definition) is 2. The predicted octanol–water partition coefficient (Wildman–Crippen LogP) is 7.02. The smallest absolute Gasteiger partial charge is 0.0523 e. The minimum absolute atomic E-state index is 1.26. The molecule has 2 heteroatoms.